The van der Waals surface area contributed by atoms with E-state index in [9.17, 15) is 0 Å². The highest BCUT2D eigenvalue weighted by Crippen LogP contribution is 2.51. The summed E-state index contributed by atoms with van der Waals surface area (Å²) in [6.45, 7) is 4.68. The maximum absolute atomic E-state index is 6.32. The zero-order valence-corrected chi connectivity index (χ0v) is 29.0. The molecule has 52 heavy (non-hydrogen) atoms. The van der Waals surface area contributed by atoms with Gasteiger partial charge in [0.15, 0.2) is 17.5 Å². The Morgan fingerprint density at radius 3 is 1.92 bits per heavy atom. The standard InChI is InChI=1S/C48H35N3O/c1-48(2)41-25-24-36(27-38(41)39-29-44-40(28-42(39)48)37-18-9-10-19-43(37)52-44)35-17-11-16-34(26-35)30-20-22-33(23-21-30)47-50-45(31-12-5-3-6-13-31)49-46(51-47)32-14-7-4-8-15-32/h3-20,22-30H,21H2,1-2H3. The summed E-state index contributed by atoms with van der Waals surface area (Å²) in [6, 6.07) is 49.2. The van der Waals surface area contributed by atoms with Crippen LogP contribution in [0.15, 0.2) is 162 Å². The lowest BCUT2D eigenvalue weighted by Gasteiger charge is -2.21. The Morgan fingerprint density at radius 2 is 1.19 bits per heavy atom. The third-order valence-corrected chi connectivity index (χ3v) is 10.9. The Hall–Kier alpha value is -6.39. The zero-order valence-electron chi connectivity index (χ0n) is 29.0. The molecule has 248 valence electrons. The number of benzene rings is 6. The molecule has 0 spiro atoms. The maximum Gasteiger partial charge on any atom is 0.164 e. The number of hydrogen-bond acceptors (Lipinski definition) is 4. The normalized spacial score (nSPS) is 15.8. The molecule has 0 amide bonds. The molecule has 0 N–H and O–H groups in total. The SMILES string of the molecule is CC1(C)c2ccc(-c3cccc(C4C=CC(c5nc(-c6ccccc6)nc(-c6ccccc6)n5)=CC4)c3)cc2-c2cc3oc4ccccc4c3cc21. The second-order valence-corrected chi connectivity index (χ2v) is 14.4. The van der Waals surface area contributed by atoms with Crippen molar-refractivity contribution in [1.82, 2.24) is 15.0 Å². The molecule has 0 radical (unpaired) electrons. The Kier molecular flexibility index (Phi) is 6.94. The van der Waals surface area contributed by atoms with Gasteiger partial charge in [-0.2, -0.15) is 0 Å². The molecule has 0 aliphatic heterocycles. The number of fused-ring (bicyclic) bond motifs is 6. The summed E-state index contributed by atoms with van der Waals surface area (Å²) in [4.78, 5) is 14.7. The predicted molar refractivity (Wildman–Crippen MR) is 212 cm³/mol. The predicted octanol–water partition coefficient (Wildman–Crippen LogP) is 12.2. The molecule has 0 fully saturated rings. The summed E-state index contributed by atoms with van der Waals surface area (Å²) in [5.41, 5.74) is 13.7. The molecule has 2 aromatic heterocycles. The number of nitrogens with zero attached hydrogens (tertiary/aromatic N) is 3. The summed E-state index contributed by atoms with van der Waals surface area (Å²) in [5.74, 6) is 2.30. The molecule has 4 heteroatoms. The van der Waals surface area contributed by atoms with Crippen LogP contribution in [0.2, 0.25) is 0 Å². The summed E-state index contributed by atoms with van der Waals surface area (Å²) in [6.07, 6.45) is 7.60. The number of para-hydroxylation sites is 1. The fourth-order valence-electron chi connectivity index (χ4n) is 8.07. The second kappa shape index (κ2) is 11.9. The fourth-order valence-corrected chi connectivity index (χ4v) is 8.07. The van der Waals surface area contributed by atoms with Gasteiger partial charge >= 0.3 is 0 Å². The van der Waals surface area contributed by atoms with Crippen LogP contribution in [0.25, 0.3) is 72.5 Å². The highest BCUT2D eigenvalue weighted by molar-refractivity contribution is 6.07. The monoisotopic (exact) mass is 669 g/mol. The minimum absolute atomic E-state index is 0.100. The Labute approximate surface area is 302 Å². The molecule has 1 atom stereocenters. The molecule has 0 saturated heterocycles. The first-order valence-corrected chi connectivity index (χ1v) is 18.0. The molecule has 2 aliphatic carbocycles. The first-order valence-electron chi connectivity index (χ1n) is 18.0. The molecule has 10 rings (SSSR count). The van der Waals surface area contributed by atoms with Crippen LogP contribution >= 0.6 is 0 Å². The van der Waals surface area contributed by atoms with Crippen LogP contribution in [0.3, 0.4) is 0 Å². The van der Waals surface area contributed by atoms with Crippen LogP contribution in [0.5, 0.6) is 0 Å². The van der Waals surface area contributed by atoms with Gasteiger partial charge in [-0.05, 0) is 69.6 Å². The van der Waals surface area contributed by atoms with Gasteiger partial charge in [0, 0.05) is 38.8 Å². The van der Waals surface area contributed by atoms with E-state index < -0.39 is 0 Å². The largest absolute Gasteiger partial charge is 0.456 e. The smallest absolute Gasteiger partial charge is 0.164 e. The lowest BCUT2D eigenvalue weighted by molar-refractivity contribution is 0.658. The van der Waals surface area contributed by atoms with Crippen molar-refractivity contribution in [2.24, 2.45) is 0 Å². The van der Waals surface area contributed by atoms with Crippen molar-refractivity contribution in [1.29, 1.82) is 0 Å². The maximum atomic E-state index is 6.32. The Balaban J connectivity index is 0.963. The van der Waals surface area contributed by atoms with E-state index >= 15 is 0 Å². The van der Waals surface area contributed by atoms with Crippen LogP contribution in [-0.2, 0) is 5.41 Å². The molecule has 4 nitrogen and oxygen atoms in total. The van der Waals surface area contributed by atoms with Gasteiger partial charge in [0.25, 0.3) is 0 Å². The van der Waals surface area contributed by atoms with E-state index in [0.717, 1.165) is 34.3 Å². The van der Waals surface area contributed by atoms with Crippen LogP contribution in [0.4, 0.5) is 0 Å². The number of rotatable bonds is 5. The Bertz CT molecular complexity index is 2680. The van der Waals surface area contributed by atoms with Crippen molar-refractivity contribution < 1.29 is 4.42 Å². The molecule has 8 aromatic rings. The van der Waals surface area contributed by atoms with Crippen molar-refractivity contribution >= 4 is 27.5 Å². The van der Waals surface area contributed by atoms with Gasteiger partial charge in [-0.3, -0.25) is 0 Å². The third-order valence-electron chi connectivity index (χ3n) is 10.9. The molecule has 6 aromatic carbocycles. The quantitative estimate of drug-likeness (QED) is 0.183. The molecule has 1 unspecified atom stereocenters. The summed E-state index contributed by atoms with van der Waals surface area (Å²) in [5, 5.41) is 2.36. The van der Waals surface area contributed by atoms with Gasteiger partial charge in [-0.25, -0.2) is 15.0 Å². The fraction of sp³-hybridized carbons (Fsp3) is 0.104. The second-order valence-electron chi connectivity index (χ2n) is 14.4. The topological polar surface area (TPSA) is 51.8 Å². The molecule has 2 aliphatic rings. The number of allylic oxidation sites excluding steroid dienone is 4. The van der Waals surface area contributed by atoms with Crippen molar-refractivity contribution in [2.45, 2.75) is 31.6 Å². The highest BCUT2D eigenvalue weighted by Gasteiger charge is 2.36. The molecule has 0 bridgehead atoms. The highest BCUT2D eigenvalue weighted by atomic mass is 16.3. The summed E-state index contributed by atoms with van der Waals surface area (Å²) < 4.78 is 6.32. The van der Waals surface area contributed by atoms with Gasteiger partial charge in [0.2, 0.25) is 0 Å². The van der Waals surface area contributed by atoms with Crippen LogP contribution in [0.1, 0.15) is 48.7 Å². The minimum Gasteiger partial charge on any atom is -0.456 e. The third kappa shape index (κ3) is 5.02. The lowest BCUT2D eigenvalue weighted by atomic mass is 9.81. The van der Waals surface area contributed by atoms with Crippen molar-refractivity contribution in [3.05, 3.63) is 180 Å². The molecule has 2 heterocycles. The number of aromatic nitrogens is 3. The first kappa shape index (κ1) is 30.4. The van der Waals surface area contributed by atoms with Crippen molar-refractivity contribution in [3.63, 3.8) is 0 Å². The molecular weight excluding hydrogens is 635 g/mol. The van der Waals surface area contributed by atoms with E-state index in [1.165, 1.54) is 49.7 Å². The first-order chi connectivity index (χ1) is 25.5. The van der Waals surface area contributed by atoms with Gasteiger partial charge in [-0.1, -0.05) is 147 Å². The van der Waals surface area contributed by atoms with E-state index in [2.05, 4.69) is 105 Å². The molecule has 0 saturated carbocycles. The average molecular weight is 670 g/mol. The van der Waals surface area contributed by atoms with E-state index in [0.29, 0.717) is 17.5 Å². The zero-order chi connectivity index (χ0) is 34.8. The van der Waals surface area contributed by atoms with Gasteiger partial charge < -0.3 is 4.42 Å². The van der Waals surface area contributed by atoms with Gasteiger partial charge in [0.05, 0.1) is 0 Å². The summed E-state index contributed by atoms with van der Waals surface area (Å²) >= 11 is 0. The lowest BCUT2D eigenvalue weighted by Crippen LogP contribution is -2.14. The van der Waals surface area contributed by atoms with Gasteiger partial charge in [-0.15, -0.1) is 0 Å². The molecular formula is C48H35N3O. The van der Waals surface area contributed by atoms with E-state index in [-0.39, 0.29) is 11.3 Å². The van der Waals surface area contributed by atoms with Gasteiger partial charge in [0.1, 0.15) is 11.2 Å². The van der Waals surface area contributed by atoms with E-state index in [4.69, 9.17) is 19.4 Å². The van der Waals surface area contributed by atoms with Crippen LogP contribution < -0.4 is 0 Å². The number of hydrogen-bond donors (Lipinski definition) is 0. The van der Waals surface area contributed by atoms with E-state index in [1.54, 1.807) is 0 Å². The van der Waals surface area contributed by atoms with Crippen LogP contribution in [-0.4, -0.2) is 15.0 Å². The van der Waals surface area contributed by atoms with Crippen molar-refractivity contribution in [2.75, 3.05) is 0 Å². The van der Waals surface area contributed by atoms with Crippen LogP contribution in [0, 0.1) is 0 Å². The van der Waals surface area contributed by atoms with Crippen molar-refractivity contribution in [3.8, 4) is 45.0 Å². The number of furan rings is 1. The van der Waals surface area contributed by atoms with E-state index in [1.807, 2.05) is 66.7 Å². The summed E-state index contributed by atoms with van der Waals surface area (Å²) in [7, 11) is 0. The Morgan fingerprint density at radius 1 is 0.538 bits per heavy atom. The minimum atomic E-state index is -0.100. The average Bonchev–Trinajstić information content (AvgIpc) is 3.68.